The second-order valence-electron chi connectivity index (χ2n) is 8.75. The molecule has 30 heavy (non-hydrogen) atoms. The van der Waals surface area contributed by atoms with E-state index >= 15 is 0 Å². The van der Waals surface area contributed by atoms with E-state index in [4.69, 9.17) is 4.74 Å². The second kappa shape index (κ2) is 8.51. The van der Waals surface area contributed by atoms with Gasteiger partial charge < -0.3 is 9.64 Å². The summed E-state index contributed by atoms with van der Waals surface area (Å²) in [6.07, 6.45) is 3.23. The first kappa shape index (κ1) is 22.5. The van der Waals surface area contributed by atoms with E-state index < -0.39 is 21.3 Å². The number of piperidine rings is 1. The Labute approximate surface area is 177 Å². The summed E-state index contributed by atoms with van der Waals surface area (Å²) in [7, 11) is -3.58. The molecule has 2 heterocycles. The van der Waals surface area contributed by atoms with Gasteiger partial charge in [0.25, 0.3) is 0 Å². The van der Waals surface area contributed by atoms with E-state index in [2.05, 4.69) is 16.2 Å². The molecule has 2 aliphatic rings. The number of halogens is 1. The lowest BCUT2D eigenvalue weighted by molar-refractivity contribution is -0.128. The largest absolute Gasteiger partial charge is 0.493 e. The van der Waals surface area contributed by atoms with Gasteiger partial charge in [0.2, 0.25) is 15.9 Å². The van der Waals surface area contributed by atoms with Gasteiger partial charge in [-0.1, -0.05) is 18.2 Å². The van der Waals surface area contributed by atoms with Crippen molar-refractivity contribution >= 4 is 21.5 Å². The smallest absolute Gasteiger partial charge is 0.240 e. The molecule has 1 aromatic carbocycles. The summed E-state index contributed by atoms with van der Waals surface area (Å²) in [4.78, 5) is 14.5. The van der Waals surface area contributed by atoms with Gasteiger partial charge in [-0.25, -0.2) is 12.8 Å². The van der Waals surface area contributed by atoms with Crippen LogP contribution in [0.3, 0.4) is 0 Å². The van der Waals surface area contributed by atoms with E-state index in [0.29, 0.717) is 25.3 Å². The first-order valence-electron chi connectivity index (χ1n) is 9.99. The molecule has 0 radical (unpaired) electrons. The number of hydrogen-bond acceptors (Lipinski definition) is 5. The van der Waals surface area contributed by atoms with E-state index in [1.165, 1.54) is 17.7 Å². The van der Waals surface area contributed by atoms with Crippen LogP contribution in [0.2, 0.25) is 0 Å². The van der Waals surface area contributed by atoms with E-state index in [9.17, 15) is 17.6 Å². The highest BCUT2D eigenvalue weighted by atomic mass is 32.2. The number of likely N-dealkylation sites (tertiary alicyclic amines) is 1. The van der Waals surface area contributed by atoms with Gasteiger partial charge in [0.1, 0.15) is 12.4 Å². The molecule has 0 bridgehead atoms. The van der Waals surface area contributed by atoms with Crippen molar-refractivity contribution in [2.75, 3.05) is 25.9 Å². The summed E-state index contributed by atoms with van der Waals surface area (Å²) >= 11 is 0. The fraction of sp³-hybridized carbons (Fsp3) is 0.500. The minimum atomic E-state index is -3.58. The van der Waals surface area contributed by atoms with Gasteiger partial charge in [-0.3, -0.25) is 9.52 Å². The number of ether oxygens (including phenoxy) is 1. The predicted octanol–water partition coefficient (Wildman–Crippen LogP) is 3.21. The lowest BCUT2D eigenvalue weighted by Crippen LogP contribution is -2.47. The molecule has 164 valence electrons. The summed E-state index contributed by atoms with van der Waals surface area (Å²) in [6.45, 7) is 9.79. The molecule has 0 saturated carbocycles. The van der Waals surface area contributed by atoms with Gasteiger partial charge in [0.05, 0.1) is 17.4 Å². The third-order valence-electron chi connectivity index (χ3n) is 5.60. The van der Waals surface area contributed by atoms with Crippen LogP contribution in [0.15, 0.2) is 36.1 Å². The van der Waals surface area contributed by atoms with Gasteiger partial charge >= 0.3 is 0 Å². The molecule has 0 aliphatic carbocycles. The lowest BCUT2D eigenvalue weighted by Gasteiger charge is -2.35. The number of allylic oxidation sites excluding steroid dienone is 1. The van der Waals surface area contributed by atoms with Crippen LogP contribution in [0.25, 0.3) is 5.57 Å². The minimum absolute atomic E-state index is 0.279. The monoisotopic (exact) mass is 436 g/mol. The van der Waals surface area contributed by atoms with E-state index in [0.717, 1.165) is 48.9 Å². The maximum atomic E-state index is 13.7. The Balaban J connectivity index is 1.74. The zero-order valence-electron chi connectivity index (χ0n) is 17.8. The molecule has 0 unspecified atom stereocenters. The quantitative estimate of drug-likeness (QED) is 0.784. The number of amides is 1. The van der Waals surface area contributed by atoms with Gasteiger partial charge in [0.15, 0.2) is 0 Å². The molecule has 3 rings (SSSR count). The van der Waals surface area contributed by atoms with Crippen molar-refractivity contribution in [3.8, 4) is 0 Å². The van der Waals surface area contributed by atoms with Crippen molar-refractivity contribution in [1.82, 2.24) is 9.62 Å². The van der Waals surface area contributed by atoms with Gasteiger partial charge in [-0.15, -0.1) is 0 Å². The average molecular weight is 437 g/mol. The third-order valence-corrected chi connectivity index (χ3v) is 6.15. The average Bonchev–Trinajstić information content (AvgIpc) is 2.79. The number of carbonyl (C=O) groups excluding carboxylic acids is 1. The Morgan fingerprint density at radius 2 is 1.97 bits per heavy atom. The van der Waals surface area contributed by atoms with Crippen LogP contribution in [0, 0.1) is 11.2 Å². The molecule has 1 aromatic rings. The van der Waals surface area contributed by atoms with Crippen LogP contribution in [0.1, 0.15) is 44.2 Å². The molecule has 1 saturated heterocycles. The Kier molecular flexibility index (Phi) is 6.38. The predicted molar refractivity (Wildman–Crippen MR) is 114 cm³/mol. The van der Waals surface area contributed by atoms with Crippen LogP contribution in [-0.2, 0) is 26.2 Å². The maximum absolute atomic E-state index is 13.7. The number of sulfonamides is 1. The highest BCUT2D eigenvalue weighted by Crippen LogP contribution is 2.37. The summed E-state index contributed by atoms with van der Waals surface area (Å²) in [5.41, 5.74) is 3.47. The Morgan fingerprint density at radius 3 is 2.60 bits per heavy atom. The van der Waals surface area contributed by atoms with Crippen molar-refractivity contribution in [3.63, 3.8) is 0 Å². The van der Waals surface area contributed by atoms with Crippen LogP contribution < -0.4 is 4.72 Å². The second-order valence-corrected chi connectivity index (χ2v) is 10.5. The minimum Gasteiger partial charge on any atom is -0.493 e. The first-order chi connectivity index (χ1) is 13.9. The van der Waals surface area contributed by atoms with Crippen LogP contribution in [0.4, 0.5) is 4.39 Å². The van der Waals surface area contributed by atoms with Crippen molar-refractivity contribution in [2.45, 2.75) is 39.7 Å². The van der Waals surface area contributed by atoms with E-state index in [-0.39, 0.29) is 5.82 Å². The van der Waals surface area contributed by atoms with Gasteiger partial charge in [-0.2, -0.15) is 0 Å². The Bertz CT molecular complexity index is 988. The van der Waals surface area contributed by atoms with Gasteiger partial charge in [-0.05, 0) is 55.5 Å². The van der Waals surface area contributed by atoms with Crippen molar-refractivity contribution < 1.29 is 22.3 Å². The molecule has 1 fully saturated rings. The molecular formula is C22H29FN2O4S. The summed E-state index contributed by atoms with van der Waals surface area (Å²) < 4.78 is 44.2. The molecule has 8 heteroatoms. The van der Waals surface area contributed by atoms with Crippen LogP contribution in [-0.4, -0.2) is 45.1 Å². The van der Waals surface area contributed by atoms with E-state index in [1.807, 2.05) is 6.07 Å². The van der Waals surface area contributed by atoms with E-state index in [1.54, 1.807) is 13.8 Å². The zero-order valence-corrected chi connectivity index (χ0v) is 18.6. The first-order valence-corrected chi connectivity index (χ1v) is 11.9. The number of rotatable bonds is 4. The third kappa shape index (κ3) is 5.49. The Hall–Kier alpha value is -2.19. The zero-order chi connectivity index (χ0) is 22.1. The van der Waals surface area contributed by atoms with Crippen molar-refractivity contribution in [1.29, 1.82) is 0 Å². The summed E-state index contributed by atoms with van der Waals surface area (Å²) in [5.74, 6) is -0.101. The fourth-order valence-electron chi connectivity index (χ4n) is 4.03. The summed E-state index contributed by atoms with van der Waals surface area (Å²) in [6, 6.07) is 4.82. The highest BCUT2D eigenvalue weighted by molar-refractivity contribution is 7.89. The normalized spacial score (nSPS) is 18.5. The molecule has 6 nitrogen and oxygen atoms in total. The summed E-state index contributed by atoms with van der Waals surface area (Å²) in [5, 5.41) is 0. The molecule has 1 amide bonds. The SMILES string of the molecule is C=C1CC(=C2CCN(CC(C)(C)C(=O)NS(C)(=O)=O)CC2)c2ccc(F)cc2CO1. The van der Waals surface area contributed by atoms with Crippen molar-refractivity contribution in [3.05, 3.63) is 53.1 Å². The fourth-order valence-corrected chi connectivity index (χ4v) is 4.65. The molecule has 0 aromatic heterocycles. The number of hydrogen-bond donors (Lipinski definition) is 1. The number of carbonyl (C=O) groups is 1. The molecule has 0 atom stereocenters. The van der Waals surface area contributed by atoms with Gasteiger partial charge in [0, 0.05) is 26.1 Å². The molecule has 0 spiro atoms. The number of benzene rings is 1. The molecule has 2 aliphatic heterocycles. The topological polar surface area (TPSA) is 75.7 Å². The number of nitrogens with zero attached hydrogens (tertiary/aromatic N) is 1. The Morgan fingerprint density at radius 1 is 1.30 bits per heavy atom. The lowest BCUT2D eigenvalue weighted by atomic mass is 9.87. The number of nitrogens with one attached hydrogen (secondary N) is 1. The maximum Gasteiger partial charge on any atom is 0.240 e. The van der Waals surface area contributed by atoms with Crippen LogP contribution >= 0.6 is 0 Å². The molecular weight excluding hydrogens is 407 g/mol. The molecule has 1 N–H and O–H groups in total. The van der Waals surface area contributed by atoms with Crippen molar-refractivity contribution in [2.24, 2.45) is 5.41 Å². The van der Waals surface area contributed by atoms with Crippen LogP contribution in [0.5, 0.6) is 0 Å². The number of fused-ring (bicyclic) bond motifs is 1. The standard InChI is InChI=1S/C22H29FN2O4S/c1-15-11-20(19-6-5-18(23)12-17(19)13-29-15)16-7-9-25(10-8-16)14-22(2,3)21(26)24-30(4,27)28/h5-6,12H,1,7-11,13-14H2,2-4H3,(H,24,26). The highest BCUT2D eigenvalue weighted by Gasteiger charge is 2.33.